The Balaban J connectivity index is 1.69. The summed E-state index contributed by atoms with van der Waals surface area (Å²) in [6.45, 7) is 7.51. The summed E-state index contributed by atoms with van der Waals surface area (Å²) in [4.78, 5) is 12.6. The van der Waals surface area contributed by atoms with Gasteiger partial charge < -0.3 is 9.88 Å². The SMILES string of the molecule is Cc1nn(C(C)C(=O)NC(C)c2ccc(-n3cccc3)cc2)c(C)c1Cl. The average molecular weight is 371 g/mol. The number of halogens is 1. The molecule has 136 valence electrons. The van der Waals surface area contributed by atoms with Gasteiger partial charge in [0, 0.05) is 18.1 Å². The van der Waals surface area contributed by atoms with Gasteiger partial charge in [-0.05, 0) is 57.5 Å². The minimum atomic E-state index is -0.428. The Morgan fingerprint density at radius 3 is 2.27 bits per heavy atom. The monoisotopic (exact) mass is 370 g/mol. The van der Waals surface area contributed by atoms with Crippen molar-refractivity contribution in [3.05, 3.63) is 70.8 Å². The second-order valence-corrected chi connectivity index (χ2v) is 6.90. The van der Waals surface area contributed by atoms with Crippen LogP contribution >= 0.6 is 11.6 Å². The zero-order valence-corrected chi connectivity index (χ0v) is 16.2. The van der Waals surface area contributed by atoms with Crippen LogP contribution < -0.4 is 5.32 Å². The first-order valence-electron chi connectivity index (χ1n) is 8.63. The van der Waals surface area contributed by atoms with E-state index in [9.17, 15) is 4.79 Å². The number of aryl methyl sites for hydroxylation is 1. The quantitative estimate of drug-likeness (QED) is 0.724. The lowest BCUT2D eigenvalue weighted by Gasteiger charge is -2.19. The lowest BCUT2D eigenvalue weighted by atomic mass is 10.1. The maximum Gasteiger partial charge on any atom is 0.245 e. The van der Waals surface area contributed by atoms with Crippen molar-refractivity contribution in [3.8, 4) is 5.69 Å². The molecule has 5 nitrogen and oxygen atoms in total. The van der Waals surface area contributed by atoms with Crippen molar-refractivity contribution < 1.29 is 4.79 Å². The number of amides is 1. The third-order valence-electron chi connectivity index (χ3n) is 4.64. The average Bonchev–Trinajstić information content (AvgIpc) is 3.26. The molecule has 1 aromatic carbocycles. The van der Waals surface area contributed by atoms with Gasteiger partial charge in [0.2, 0.25) is 5.91 Å². The van der Waals surface area contributed by atoms with Crippen LogP contribution in [0.15, 0.2) is 48.8 Å². The van der Waals surface area contributed by atoms with Gasteiger partial charge in [0.15, 0.2) is 0 Å². The number of nitrogens with zero attached hydrogens (tertiary/aromatic N) is 3. The number of aromatic nitrogens is 3. The number of nitrogens with one attached hydrogen (secondary N) is 1. The van der Waals surface area contributed by atoms with Crippen LogP contribution in [0.2, 0.25) is 5.02 Å². The first-order valence-corrected chi connectivity index (χ1v) is 9.01. The zero-order chi connectivity index (χ0) is 18.8. The summed E-state index contributed by atoms with van der Waals surface area (Å²) in [7, 11) is 0. The standard InChI is InChI=1S/C20H23ClN4O/c1-13(17-7-9-18(10-8-17)24-11-5-6-12-24)22-20(26)16(4)25-15(3)19(21)14(2)23-25/h5-13,16H,1-4H3,(H,22,26). The van der Waals surface area contributed by atoms with Crippen molar-refractivity contribution >= 4 is 17.5 Å². The Bertz CT molecular complexity index is 897. The van der Waals surface area contributed by atoms with E-state index in [0.717, 1.165) is 22.6 Å². The molecule has 6 heteroatoms. The van der Waals surface area contributed by atoms with Crippen molar-refractivity contribution in [3.63, 3.8) is 0 Å². The van der Waals surface area contributed by atoms with Crippen LogP contribution in [0.3, 0.4) is 0 Å². The highest BCUT2D eigenvalue weighted by molar-refractivity contribution is 6.31. The topological polar surface area (TPSA) is 51.9 Å². The van der Waals surface area contributed by atoms with Crippen LogP contribution in [-0.2, 0) is 4.79 Å². The third kappa shape index (κ3) is 3.53. The molecule has 2 atom stereocenters. The molecule has 0 aliphatic rings. The number of benzene rings is 1. The van der Waals surface area contributed by atoms with Crippen LogP contribution in [-0.4, -0.2) is 20.3 Å². The fraction of sp³-hybridized carbons (Fsp3) is 0.300. The molecular formula is C20H23ClN4O. The Labute approximate surface area is 158 Å². The van der Waals surface area contributed by atoms with Gasteiger partial charge in [-0.3, -0.25) is 9.48 Å². The normalized spacial score (nSPS) is 13.4. The van der Waals surface area contributed by atoms with Crippen LogP contribution in [0.25, 0.3) is 5.69 Å². The van der Waals surface area contributed by atoms with E-state index in [0.29, 0.717) is 5.02 Å². The van der Waals surface area contributed by atoms with Crippen molar-refractivity contribution in [2.45, 2.75) is 39.8 Å². The van der Waals surface area contributed by atoms with Crippen molar-refractivity contribution in [2.75, 3.05) is 0 Å². The van der Waals surface area contributed by atoms with Crippen LogP contribution in [0.1, 0.15) is 42.9 Å². The predicted octanol–water partition coefficient (Wildman–Crippen LogP) is 4.38. The largest absolute Gasteiger partial charge is 0.348 e. The summed E-state index contributed by atoms with van der Waals surface area (Å²) in [6, 6.07) is 11.6. The number of carbonyl (C=O) groups excluding carboxylic acids is 1. The summed E-state index contributed by atoms with van der Waals surface area (Å²) in [5.74, 6) is -0.0887. The molecule has 0 spiro atoms. The molecular weight excluding hydrogens is 348 g/mol. The molecule has 0 aliphatic heterocycles. The van der Waals surface area contributed by atoms with Gasteiger partial charge in [0.05, 0.1) is 22.5 Å². The Morgan fingerprint density at radius 2 is 1.73 bits per heavy atom. The molecule has 0 bridgehead atoms. The van der Waals surface area contributed by atoms with E-state index in [-0.39, 0.29) is 11.9 Å². The highest BCUT2D eigenvalue weighted by Crippen LogP contribution is 2.23. The summed E-state index contributed by atoms with van der Waals surface area (Å²) >= 11 is 6.19. The van der Waals surface area contributed by atoms with Crippen molar-refractivity contribution in [1.82, 2.24) is 19.7 Å². The fourth-order valence-corrected chi connectivity index (χ4v) is 3.11. The maximum absolute atomic E-state index is 12.6. The second kappa shape index (κ2) is 7.38. The van der Waals surface area contributed by atoms with E-state index < -0.39 is 6.04 Å². The molecule has 2 heterocycles. The lowest BCUT2D eigenvalue weighted by molar-refractivity contribution is -0.124. The third-order valence-corrected chi connectivity index (χ3v) is 5.18. The predicted molar refractivity (Wildman–Crippen MR) is 104 cm³/mol. The van der Waals surface area contributed by atoms with E-state index >= 15 is 0 Å². The minimum Gasteiger partial charge on any atom is -0.348 e. The van der Waals surface area contributed by atoms with Gasteiger partial charge in [-0.25, -0.2) is 0 Å². The molecule has 1 amide bonds. The van der Waals surface area contributed by atoms with Crippen LogP contribution in [0.4, 0.5) is 0 Å². The summed E-state index contributed by atoms with van der Waals surface area (Å²) in [6.07, 6.45) is 4.00. The Morgan fingerprint density at radius 1 is 1.12 bits per heavy atom. The number of rotatable bonds is 5. The first kappa shape index (κ1) is 18.3. The maximum atomic E-state index is 12.6. The Hall–Kier alpha value is -2.53. The number of carbonyl (C=O) groups is 1. The summed E-state index contributed by atoms with van der Waals surface area (Å²) < 4.78 is 3.72. The molecule has 3 rings (SSSR count). The smallest absolute Gasteiger partial charge is 0.245 e. The molecule has 0 saturated heterocycles. The molecule has 0 radical (unpaired) electrons. The molecule has 0 fully saturated rings. The molecule has 2 aromatic heterocycles. The van der Waals surface area contributed by atoms with E-state index in [1.165, 1.54) is 0 Å². The second-order valence-electron chi connectivity index (χ2n) is 6.52. The minimum absolute atomic E-state index is 0.0887. The molecule has 0 saturated carbocycles. The van der Waals surface area contributed by atoms with E-state index in [1.54, 1.807) is 4.68 Å². The zero-order valence-electron chi connectivity index (χ0n) is 15.4. The molecule has 2 unspecified atom stereocenters. The Kier molecular flexibility index (Phi) is 5.18. The number of hydrogen-bond donors (Lipinski definition) is 1. The van der Waals surface area contributed by atoms with E-state index in [4.69, 9.17) is 11.6 Å². The molecule has 1 N–H and O–H groups in total. The van der Waals surface area contributed by atoms with Gasteiger partial charge in [0.1, 0.15) is 6.04 Å². The molecule has 26 heavy (non-hydrogen) atoms. The van der Waals surface area contributed by atoms with Crippen LogP contribution in [0.5, 0.6) is 0 Å². The molecule has 0 aliphatic carbocycles. The van der Waals surface area contributed by atoms with Gasteiger partial charge in [-0.2, -0.15) is 5.10 Å². The summed E-state index contributed by atoms with van der Waals surface area (Å²) in [5, 5.41) is 8.04. The highest BCUT2D eigenvalue weighted by atomic mass is 35.5. The lowest BCUT2D eigenvalue weighted by Crippen LogP contribution is -2.33. The fourth-order valence-electron chi connectivity index (χ4n) is 2.99. The van der Waals surface area contributed by atoms with E-state index in [1.807, 2.05) is 81.1 Å². The van der Waals surface area contributed by atoms with Gasteiger partial charge in [-0.1, -0.05) is 23.7 Å². The van der Waals surface area contributed by atoms with Gasteiger partial charge in [-0.15, -0.1) is 0 Å². The van der Waals surface area contributed by atoms with E-state index in [2.05, 4.69) is 10.4 Å². The van der Waals surface area contributed by atoms with Crippen LogP contribution in [0, 0.1) is 13.8 Å². The van der Waals surface area contributed by atoms with Gasteiger partial charge in [0.25, 0.3) is 0 Å². The summed E-state index contributed by atoms with van der Waals surface area (Å²) in [5.41, 5.74) is 3.67. The van der Waals surface area contributed by atoms with Crippen molar-refractivity contribution in [2.24, 2.45) is 0 Å². The van der Waals surface area contributed by atoms with Gasteiger partial charge >= 0.3 is 0 Å². The highest BCUT2D eigenvalue weighted by Gasteiger charge is 2.22. The first-order chi connectivity index (χ1) is 12.4. The molecule has 3 aromatic rings. The number of hydrogen-bond acceptors (Lipinski definition) is 2. The van der Waals surface area contributed by atoms with Crippen molar-refractivity contribution in [1.29, 1.82) is 0 Å².